The highest BCUT2D eigenvalue weighted by molar-refractivity contribution is 7.99. The minimum absolute atomic E-state index is 0.0235. The molecule has 30 heteroatoms. The van der Waals surface area contributed by atoms with E-state index in [4.69, 9.17) is 70.4 Å². The molecule has 6 aliphatic rings. The average Bonchev–Trinajstić information content (AvgIpc) is 1.59. The fraction of sp³-hybridized carbons (Fsp3) is 0.403. The van der Waals surface area contributed by atoms with Crippen LogP contribution < -0.4 is 25.8 Å². The number of carbonyl (C=O) groups excluding carboxylic acids is 1. The lowest BCUT2D eigenvalue weighted by Gasteiger charge is -2.40. The number of anilines is 4. The van der Waals surface area contributed by atoms with E-state index in [-0.39, 0.29) is 35.4 Å². The Balaban J connectivity index is 0.635. The van der Waals surface area contributed by atoms with Gasteiger partial charge in [0.15, 0.2) is 15.5 Å². The van der Waals surface area contributed by atoms with Gasteiger partial charge in [0.05, 0.1) is 46.5 Å². The van der Waals surface area contributed by atoms with Gasteiger partial charge in [0, 0.05) is 148 Å². The molecule has 5 saturated heterocycles. The summed E-state index contributed by atoms with van der Waals surface area (Å²) in [5, 5.41) is 19.7. The quantitative estimate of drug-likeness (QED) is 0.0387. The van der Waals surface area contributed by atoms with E-state index in [2.05, 4.69) is 76.6 Å². The molecular weight excluding hydrogens is 1290 g/mol. The van der Waals surface area contributed by atoms with E-state index >= 15 is 0 Å². The van der Waals surface area contributed by atoms with Gasteiger partial charge in [-0.15, -0.1) is 0 Å². The first kappa shape index (κ1) is 59.6. The number of aryl methyl sites for hydroxylation is 1. The third-order valence-electron chi connectivity index (χ3n) is 18.9. The molecule has 4 atom stereocenters. The Morgan fingerprint density at radius 2 is 1.12 bits per heavy atom. The van der Waals surface area contributed by atoms with Gasteiger partial charge >= 0.3 is 5.97 Å². The van der Waals surface area contributed by atoms with Gasteiger partial charge in [0.1, 0.15) is 46.4 Å². The number of rotatable bonds is 20. The van der Waals surface area contributed by atoms with Crippen molar-refractivity contribution >= 4 is 149 Å². The number of amides is 1. The predicted octanol–water partition coefficient (Wildman–Crippen LogP) is 9.35. The summed E-state index contributed by atoms with van der Waals surface area (Å²) in [7, 11) is 0. The number of fused-ring (bicyclic) bond motifs is 6. The van der Waals surface area contributed by atoms with Crippen molar-refractivity contribution in [2.75, 3.05) is 92.4 Å². The topological polar surface area (TPSA) is 298 Å². The first-order valence-electron chi connectivity index (χ1n) is 31.1. The summed E-state index contributed by atoms with van der Waals surface area (Å²) in [6.45, 7) is 10.8. The first-order chi connectivity index (χ1) is 44.8. The van der Waals surface area contributed by atoms with E-state index in [1.165, 1.54) is 47.7 Å². The largest absolute Gasteiger partial charge is 0.477 e. The minimum atomic E-state index is -1.09. The normalized spacial score (nSPS) is 20.2. The van der Waals surface area contributed by atoms with Gasteiger partial charge in [-0.1, -0.05) is 53.9 Å². The number of aromatic nitrogens is 14. The Morgan fingerprint density at radius 3 is 1.65 bits per heavy atom. The van der Waals surface area contributed by atoms with Gasteiger partial charge in [0.2, 0.25) is 11.9 Å². The van der Waals surface area contributed by atoms with E-state index in [1.54, 1.807) is 30.9 Å². The van der Waals surface area contributed by atoms with Crippen LogP contribution in [0.1, 0.15) is 60.2 Å². The molecule has 9 aromatic heterocycles. The average molecular weight is 1350 g/mol. The number of hydrogen-bond donors (Lipinski definition) is 6. The van der Waals surface area contributed by atoms with E-state index in [1.807, 2.05) is 18.2 Å². The second-order valence-corrected chi connectivity index (χ2v) is 28.9. The van der Waals surface area contributed by atoms with Crippen LogP contribution in [0, 0.1) is 23.7 Å². The second kappa shape index (κ2) is 24.5. The van der Waals surface area contributed by atoms with E-state index < -0.39 is 5.97 Å². The van der Waals surface area contributed by atoms with Crippen LogP contribution in [0.15, 0.2) is 91.6 Å². The molecule has 1 amide bonds. The highest BCUT2D eigenvalue weighted by atomic mass is 35.5. The lowest BCUT2D eigenvalue weighted by molar-refractivity contribution is -0.122. The summed E-state index contributed by atoms with van der Waals surface area (Å²) in [6, 6.07) is 9.58. The molecule has 0 bridgehead atoms. The molecule has 14 heterocycles. The molecule has 472 valence electrons. The molecule has 7 N–H and O–H groups in total. The number of nitrogen functional groups attached to an aromatic ring is 1. The Kier molecular flexibility index (Phi) is 15.9. The second-order valence-electron chi connectivity index (χ2n) is 24.7. The molecule has 1 aliphatic carbocycles. The van der Waals surface area contributed by atoms with E-state index in [0.29, 0.717) is 97.7 Å². The van der Waals surface area contributed by atoms with Crippen molar-refractivity contribution in [3.05, 3.63) is 99.3 Å². The van der Waals surface area contributed by atoms with Gasteiger partial charge in [0.25, 0.3) is 0 Å². The molecule has 4 unspecified atom stereocenters. The number of likely N-dealkylation sites (tertiary alicyclic amines) is 2. The molecule has 92 heavy (non-hydrogen) atoms. The van der Waals surface area contributed by atoms with Crippen LogP contribution in [0.4, 0.5) is 23.4 Å². The third kappa shape index (κ3) is 11.5. The molecule has 24 nitrogen and oxygen atoms in total. The zero-order valence-corrected chi connectivity index (χ0v) is 54.5. The minimum Gasteiger partial charge on any atom is -0.477 e. The van der Waals surface area contributed by atoms with Crippen LogP contribution >= 0.6 is 70.1 Å². The van der Waals surface area contributed by atoms with Crippen LogP contribution in [-0.2, 0) is 24.1 Å². The highest BCUT2D eigenvalue weighted by Crippen LogP contribution is 2.45. The Labute approximate surface area is 554 Å². The van der Waals surface area contributed by atoms with Crippen molar-refractivity contribution in [3.63, 3.8) is 0 Å². The fourth-order valence-electron chi connectivity index (χ4n) is 14.1. The molecule has 5 aliphatic heterocycles. The summed E-state index contributed by atoms with van der Waals surface area (Å²) < 4.78 is 0. The Morgan fingerprint density at radius 1 is 0.620 bits per heavy atom. The van der Waals surface area contributed by atoms with Crippen molar-refractivity contribution in [1.29, 1.82) is 0 Å². The molecule has 6 fully saturated rings. The number of pyridine rings is 1. The number of nitrogens with zero attached hydrogens (tertiary/aromatic N) is 16. The molecule has 1 aromatic carbocycles. The number of halogens is 3. The lowest BCUT2D eigenvalue weighted by atomic mass is 9.99. The molecular formula is C62H62Cl3N21O3S3. The van der Waals surface area contributed by atoms with Crippen LogP contribution in [0.3, 0.4) is 0 Å². The van der Waals surface area contributed by atoms with E-state index in [9.17, 15) is 14.7 Å². The lowest BCUT2D eigenvalue weighted by Crippen LogP contribution is -2.52. The maximum atomic E-state index is 12.6. The third-order valence-corrected chi connectivity index (χ3v) is 22.6. The summed E-state index contributed by atoms with van der Waals surface area (Å²) in [4.78, 5) is 102. The maximum Gasteiger partial charge on any atom is 0.354 e. The number of aromatic carboxylic acids is 1. The smallest absolute Gasteiger partial charge is 0.354 e. The maximum absolute atomic E-state index is 12.6. The summed E-state index contributed by atoms with van der Waals surface area (Å²) in [5.41, 5.74) is 11.3. The molecule has 16 rings (SSSR count). The number of nitrogens with two attached hydrogens (primary N) is 1. The van der Waals surface area contributed by atoms with Crippen LogP contribution in [0.25, 0.3) is 44.0 Å². The first-order valence-corrected chi connectivity index (χ1v) is 34.6. The zero-order valence-electron chi connectivity index (χ0n) is 49.8. The zero-order chi connectivity index (χ0) is 62.5. The van der Waals surface area contributed by atoms with Gasteiger partial charge in [-0.25, -0.2) is 59.6 Å². The van der Waals surface area contributed by atoms with Gasteiger partial charge < -0.3 is 45.8 Å². The standard InChI is InChI=1S/C62H62Cl3N21O3S3/c1-2-38-48(63)45-51(73-38)76-61(91-36-19-67-29-68-20-36)80-55(45)85-25-33-9-13-82(43(33)27-85)16-12-40-50(65)47-53(75-40)78-62(92-37-21-70-59(66)71-22-37)81-56(47)86-26-34-10-14-83(44(34)28-86)15-11-39-49(64)46-52(74-39)77-60(79-54(46)84-23-30(24-84)18-69-57(87)32-3-4-32)90-35-7-5-31-6-8-41(58(88)89)72-42(31)17-35/h5-8,17,19-22,29-30,32-34,43-44H,2-4,9-16,18,23-28H2,1H3,(H,69,87)(H,88,89)(H2,66,70,71)(H,73,76,80)(H,74,77,79)(H,75,78,81). The number of H-pyrrole nitrogens is 3. The van der Waals surface area contributed by atoms with Crippen molar-refractivity contribution in [3.8, 4) is 0 Å². The van der Waals surface area contributed by atoms with Crippen LogP contribution in [-0.4, -0.2) is 181 Å². The molecule has 10 aromatic rings. The van der Waals surface area contributed by atoms with Gasteiger partial charge in [-0.2, -0.15) is 0 Å². The molecule has 1 saturated carbocycles. The Hall–Kier alpha value is -7.37. The highest BCUT2D eigenvalue weighted by Gasteiger charge is 2.45. The van der Waals surface area contributed by atoms with Crippen molar-refractivity contribution in [2.24, 2.45) is 23.7 Å². The van der Waals surface area contributed by atoms with Crippen molar-refractivity contribution in [2.45, 2.75) is 94.1 Å². The van der Waals surface area contributed by atoms with Crippen molar-refractivity contribution in [1.82, 2.24) is 84.9 Å². The summed E-state index contributed by atoms with van der Waals surface area (Å²) >= 11 is 26.3. The fourth-order valence-corrected chi connectivity index (χ4v) is 17.2. The van der Waals surface area contributed by atoms with Gasteiger partial charge in [-0.3, -0.25) is 14.6 Å². The number of nitrogens with one attached hydrogen (secondary N) is 4. The number of carboxylic acids is 1. The number of benzene rings is 1. The molecule has 0 radical (unpaired) electrons. The summed E-state index contributed by atoms with van der Waals surface area (Å²) in [5.74, 6) is 2.90. The predicted molar refractivity (Wildman–Crippen MR) is 356 cm³/mol. The molecule has 0 spiro atoms. The van der Waals surface area contributed by atoms with Crippen LogP contribution in [0.2, 0.25) is 15.1 Å². The number of aromatic amines is 3. The Bertz CT molecular complexity index is 4530. The number of carboxylic acid groups (broad SMARTS) is 1. The summed E-state index contributed by atoms with van der Waals surface area (Å²) in [6.07, 6.45) is 14.5. The van der Waals surface area contributed by atoms with Gasteiger partial charge in [-0.05, 0) is 111 Å². The monoisotopic (exact) mass is 1350 g/mol. The van der Waals surface area contributed by atoms with E-state index in [0.717, 1.165) is 161 Å². The SMILES string of the molecule is CCc1[nH]c2nc(Sc3cncnc3)nc(N3CC4CCN(CCc5[nH]c6nc(Sc7cnc(N)nc7)nc(N7CC8CCN(CCc9[nH]c%10nc(Sc%11ccc%12ccc(C(=O)O)nc%12c%11)nc(N%11CC(CNC(=O)C%12CC%12)C%11)c%10c9Cl)C8C7)c6c5Cl)C4C3)c2c1Cl. The van der Waals surface area contributed by atoms with Crippen LogP contribution in [0.5, 0.6) is 0 Å². The van der Waals surface area contributed by atoms with Crippen molar-refractivity contribution < 1.29 is 14.7 Å². The number of hydrogen-bond acceptors (Lipinski definition) is 22. The number of carbonyl (C=O) groups is 2.